The van der Waals surface area contributed by atoms with Crippen LogP contribution in [0.15, 0.2) is 18.2 Å². The van der Waals surface area contributed by atoms with E-state index in [1.807, 2.05) is 0 Å². The van der Waals surface area contributed by atoms with E-state index in [0.717, 1.165) is 31.2 Å². The Labute approximate surface area is 169 Å². The Hall–Kier alpha value is -2.74. The Balaban J connectivity index is 1.39. The van der Waals surface area contributed by atoms with Gasteiger partial charge in [0.15, 0.2) is 0 Å². The fourth-order valence-corrected chi connectivity index (χ4v) is 4.52. The summed E-state index contributed by atoms with van der Waals surface area (Å²) in [4.78, 5) is 50.1. The molecule has 29 heavy (non-hydrogen) atoms. The molecule has 1 atom stereocenters. The Morgan fingerprint density at radius 3 is 2.62 bits per heavy atom. The third kappa shape index (κ3) is 4.17. The second-order valence-electron chi connectivity index (χ2n) is 8.30. The van der Waals surface area contributed by atoms with Crippen molar-refractivity contribution >= 4 is 29.3 Å². The predicted molar refractivity (Wildman–Crippen MR) is 106 cm³/mol. The second kappa shape index (κ2) is 7.94. The van der Waals surface area contributed by atoms with Gasteiger partial charge >= 0.3 is 0 Å². The molecule has 1 unspecified atom stereocenters. The maximum absolute atomic E-state index is 12.7. The van der Waals surface area contributed by atoms with Crippen LogP contribution in [0.5, 0.6) is 0 Å². The number of hydrogen-bond acceptors (Lipinski definition) is 5. The van der Waals surface area contributed by atoms with Gasteiger partial charge in [0.2, 0.25) is 17.7 Å². The van der Waals surface area contributed by atoms with Crippen LogP contribution in [0.2, 0.25) is 0 Å². The molecule has 0 aromatic heterocycles. The Kier molecular flexibility index (Phi) is 5.36. The molecule has 4 amide bonds. The van der Waals surface area contributed by atoms with Crippen molar-refractivity contribution < 1.29 is 19.2 Å². The first-order valence-electron chi connectivity index (χ1n) is 10.2. The number of rotatable bonds is 4. The number of piperidine rings is 1. The molecular weight excluding hydrogens is 372 g/mol. The number of hydrogen-bond donors (Lipinski definition) is 3. The monoisotopic (exact) mass is 398 g/mol. The molecule has 1 aliphatic carbocycles. The lowest BCUT2D eigenvalue weighted by molar-refractivity contribution is -0.137. The highest BCUT2D eigenvalue weighted by molar-refractivity contribution is 6.05. The Morgan fingerprint density at radius 2 is 1.90 bits per heavy atom. The van der Waals surface area contributed by atoms with E-state index in [-0.39, 0.29) is 30.2 Å². The van der Waals surface area contributed by atoms with Crippen molar-refractivity contribution in [2.24, 2.45) is 11.7 Å². The van der Waals surface area contributed by atoms with E-state index in [1.54, 1.807) is 18.2 Å². The summed E-state index contributed by atoms with van der Waals surface area (Å²) in [5.41, 5.74) is 7.89. The van der Waals surface area contributed by atoms with Gasteiger partial charge in [-0.1, -0.05) is 0 Å². The number of carbonyl (C=O) groups is 4. The van der Waals surface area contributed by atoms with Gasteiger partial charge in [0, 0.05) is 36.7 Å². The quantitative estimate of drug-likeness (QED) is 0.660. The summed E-state index contributed by atoms with van der Waals surface area (Å²) in [7, 11) is 0. The Morgan fingerprint density at radius 1 is 1.14 bits per heavy atom. The van der Waals surface area contributed by atoms with Gasteiger partial charge in [0.25, 0.3) is 5.91 Å². The number of nitrogens with two attached hydrogens (primary N) is 1. The molecule has 4 N–H and O–H groups in total. The highest BCUT2D eigenvalue weighted by Gasteiger charge is 2.39. The summed E-state index contributed by atoms with van der Waals surface area (Å²) in [5, 5.41) is 5.23. The van der Waals surface area contributed by atoms with E-state index < -0.39 is 11.9 Å². The maximum Gasteiger partial charge on any atom is 0.255 e. The van der Waals surface area contributed by atoms with Crippen LogP contribution in [-0.4, -0.2) is 40.6 Å². The van der Waals surface area contributed by atoms with E-state index in [2.05, 4.69) is 10.6 Å². The molecule has 8 heteroatoms. The minimum atomic E-state index is -0.636. The molecule has 154 valence electrons. The summed E-state index contributed by atoms with van der Waals surface area (Å²) in [5.74, 6) is -0.611. The minimum Gasteiger partial charge on any atom is -0.328 e. The maximum atomic E-state index is 12.7. The van der Waals surface area contributed by atoms with E-state index in [9.17, 15) is 19.2 Å². The van der Waals surface area contributed by atoms with E-state index in [1.165, 1.54) is 4.90 Å². The Bertz CT molecular complexity index is 860. The van der Waals surface area contributed by atoms with Crippen molar-refractivity contribution in [3.05, 3.63) is 29.3 Å². The normalized spacial score (nSPS) is 26.9. The predicted octanol–water partition coefficient (Wildman–Crippen LogP) is 1.29. The van der Waals surface area contributed by atoms with Crippen LogP contribution in [-0.2, 0) is 20.9 Å². The lowest BCUT2D eigenvalue weighted by Gasteiger charge is -2.29. The number of imide groups is 1. The third-order valence-electron chi connectivity index (χ3n) is 6.17. The van der Waals surface area contributed by atoms with Crippen LogP contribution in [0, 0.1) is 5.92 Å². The SMILES string of the molecule is NC1CCC(CC(=O)Nc2ccc3c(c2)CN(C2CCC(=O)NC2=O)C3=O)CC1. The van der Waals surface area contributed by atoms with Gasteiger partial charge in [-0.25, -0.2) is 0 Å². The average molecular weight is 398 g/mol. The zero-order valence-electron chi connectivity index (χ0n) is 16.3. The van der Waals surface area contributed by atoms with Gasteiger partial charge in [0.05, 0.1) is 0 Å². The third-order valence-corrected chi connectivity index (χ3v) is 6.17. The van der Waals surface area contributed by atoms with E-state index in [4.69, 9.17) is 5.73 Å². The molecule has 1 saturated carbocycles. The van der Waals surface area contributed by atoms with Crippen LogP contribution >= 0.6 is 0 Å². The topological polar surface area (TPSA) is 122 Å². The summed E-state index contributed by atoms with van der Waals surface area (Å²) in [6, 6.07) is 4.84. The molecule has 2 aliphatic heterocycles. The van der Waals surface area contributed by atoms with Gasteiger partial charge in [-0.2, -0.15) is 0 Å². The molecule has 2 heterocycles. The molecule has 4 rings (SSSR count). The number of nitrogens with one attached hydrogen (secondary N) is 2. The fraction of sp³-hybridized carbons (Fsp3) is 0.524. The average Bonchev–Trinajstić information content (AvgIpc) is 2.99. The summed E-state index contributed by atoms with van der Waals surface area (Å²) in [6.07, 6.45) is 4.93. The lowest BCUT2D eigenvalue weighted by atomic mass is 9.84. The van der Waals surface area contributed by atoms with Crippen molar-refractivity contribution in [1.29, 1.82) is 0 Å². The first kappa shape index (κ1) is 19.6. The van der Waals surface area contributed by atoms with E-state index in [0.29, 0.717) is 36.6 Å². The van der Waals surface area contributed by atoms with Crippen LogP contribution in [0.3, 0.4) is 0 Å². The molecule has 8 nitrogen and oxygen atoms in total. The number of amides is 4. The molecule has 1 aromatic rings. The summed E-state index contributed by atoms with van der Waals surface area (Å²) >= 11 is 0. The van der Waals surface area contributed by atoms with Crippen molar-refractivity contribution in [3.63, 3.8) is 0 Å². The number of anilines is 1. The highest BCUT2D eigenvalue weighted by Crippen LogP contribution is 2.30. The van der Waals surface area contributed by atoms with Gasteiger partial charge < -0.3 is 16.0 Å². The van der Waals surface area contributed by atoms with Crippen molar-refractivity contribution in [3.8, 4) is 0 Å². The number of fused-ring (bicyclic) bond motifs is 1. The number of nitrogens with zero attached hydrogens (tertiary/aromatic N) is 1. The molecule has 0 radical (unpaired) electrons. The molecule has 1 saturated heterocycles. The molecule has 1 aromatic carbocycles. The summed E-state index contributed by atoms with van der Waals surface area (Å²) < 4.78 is 0. The highest BCUT2D eigenvalue weighted by atomic mass is 16.2. The zero-order chi connectivity index (χ0) is 20.5. The lowest BCUT2D eigenvalue weighted by Crippen LogP contribution is -2.52. The van der Waals surface area contributed by atoms with Crippen LogP contribution in [0.1, 0.15) is 60.9 Å². The fourth-order valence-electron chi connectivity index (χ4n) is 4.52. The van der Waals surface area contributed by atoms with Crippen LogP contribution in [0.25, 0.3) is 0 Å². The van der Waals surface area contributed by atoms with Gasteiger partial charge in [-0.3, -0.25) is 24.5 Å². The van der Waals surface area contributed by atoms with Crippen molar-refractivity contribution in [2.75, 3.05) is 5.32 Å². The van der Waals surface area contributed by atoms with Crippen LogP contribution in [0.4, 0.5) is 5.69 Å². The first-order chi connectivity index (χ1) is 13.9. The van der Waals surface area contributed by atoms with Crippen LogP contribution < -0.4 is 16.4 Å². The molecule has 2 fully saturated rings. The first-order valence-corrected chi connectivity index (χ1v) is 10.2. The smallest absolute Gasteiger partial charge is 0.255 e. The number of benzene rings is 1. The standard InChI is InChI=1S/C21H26N4O4/c22-14-3-1-12(2-4-14)9-19(27)23-15-5-6-16-13(10-15)11-25(21(16)29)17-7-8-18(26)24-20(17)28/h5-6,10,12,14,17H,1-4,7-9,11,22H2,(H,23,27)(H,24,26,28). The van der Waals surface area contributed by atoms with E-state index >= 15 is 0 Å². The zero-order valence-corrected chi connectivity index (χ0v) is 16.3. The van der Waals surface area contributed by atoms with Crippen molar-refractivity contribution in [2.45, 2.75) is 63.6 Å². The summed E-state index contributed by atoms with van der Waals surface area (Å²) in [6.45, 7) is 0.296. The van der Waals surface area contributed by atoms with Gasteiger partial charge in [0.1, 0.15) is 6.04 Å². The number of carbonyl (C=O) groups excluding carboxylic acids is 4. The molecule has 0 bridgehead atoms. The minimum absolute atomic E-state index is 0.0308. The van der Waals surface area contributed by atoms with Gasteiger partial charge in [-0.05, 0) is 61.8 Å². The van der Waals surface area contributed by atoms with Gasteiger partial charge in [-0.15, -0.1) is 0 Å². The molecule has 3 aliphatic rings. The molecular formula is C21H26N4O4. The van der Waals surface area contributed by atoms with Crippen molar-refractivity contribution in [1.82, 2.24) is 10.2 Å². The largest absolute Gasteiger partial charge is 0.328 e. The molecule has 0 spiro atoms. The second-order valence-corrected chi connectivity index (χ2v) is 8.30.